The van der Waals surface area contributed by atoms with Crippen LogP contribution in [0.4, 0.5) is 4.39 Å². The van der Waals surface area contributed by atoms with Crippen LogP contribution in [0, 0.1) is 6.58 Å². The van der Waals surface area contributed by atoms with Crippen LogP contribution in [0.2, 0.25) is 0 Å². The monoisotopic (exact) mass is 325 g/mol. The summed E-state index contributed by atoms with van der Waals surface area (Å²) in [4.78, 5) is 10.1. The summed E-state index contributed by atoms with van der Waals surface area (Å²) in [5, 5.41) is 8.28. The number of aliphatic carboxylic acids is 1. The topological polar surface area (TPSA) is 37.3 Å². The van der Waals surface area contributed by atoms with Gasteiger partial charge in [-0.05, 0) is 0 Å². The van der Waals surface area contributed by atoms with Gasteiger partial charge in [0, 0.05) is 0 Å². The molecule has 0 aromatic rings. The van der Waals surface area contributed by atoms with Crippen LogP contribution in [-0.4, -0.2) is 15.2 Å². The van der Waals surface area contributed by atoms with Crippen LogP contribution in [-0.2, 0) is 24.1 Å². The molecule has 0 aliphatic rings. The van der Waals surface area contributed by atoms with Crippen LogP contribution >= 0.6 is 0 Å². The minimum atomic E-state index is -1.24. The molecule has 0 aliphatic carbocycles. The summed E-state index contributed by atoms with van der Waals surface area (Å²) in [6.45, 7) is 6.50. The van der Waals surface area contributed by atoms with Gasteiger partial charge < -0.3 is 0 Å². The zero-order valence-corrected chi connectivity index (χ0v) is 8.73. The van der Waals surface area contributed by atoms with Crippen LogP contribution in [0.1, 0.15) is 6.92 Å². The molecule has 1 N–H and O–H groups in total. The predicted octanol–water partition coefficient (Wildman–Crippen LogP) is 1.02. The molecule has 11 heavy (non-hydrogen) atoms. The first-order valence-corrected chi connectivity index (χ1v) is 4.15. The number of allylic oxidation sites excluding steroid dienone is 1. The fourth-order valence-electron chi connectivity index (χ4n) is 0.352. The Morgan fingerprint density at radius 2 is 2.18 bits per heavy atom. The van der Waals surface area contributed by atoms with Crippen molar-refractivity contribution in [2.45, 2.75) is 6.92 Å². The number of carboxylic acid groups (broad SMARTS) is 1. The summed E-state index contributed by atoms with van der Waals surface area (Å²) < 4.78 is 12.0. The van der Waals surface area contributed by atoms with Crippen molar-refractivity contribution >= 4 is 10.1 Å². The van der Waals surface area contributed by atoms with Crippen LogP contribution in [0.5, 0.6) is 0 Å². The molecule has 0 atom stereocenters. The summed E-state index contributed by atoms with van der Waals surface area (Å²) in [6, 6.07) is 0. The Hall–Kier alpha value is -0.562. The molecule has 0 aliphatic heterocycles. The van der Waals surface area contributed by atoms with E-state index in [1.165, 1.54) is 6.92 Å². The number of rotatable bonds is 3. The van der Waals surface area contributed by atoms with Crippen LogP contribution < -0.4 is 0 Å². The van der Waals surface area contributed by atoms with E-state index in [9.17, 15) is 9.18 Å². The van der Waals surface area contributed by atoms with Crippen molar-refractivity contribution in [2.24, 2.45) is 0 Å². The number of carboxylic acids is 1. The van der Waals surface area contributed by atoms with Gasteiger partial charge in [-0.2, -0.15) is 0 Å². The van der Waals surface area contributed by atoms with Gasteiger partial charge in [-0.25, -0.2) is 0 Å². The summed E-state index contributed by atoms with van der Waals surface area (Å²) in [5.74, 6) is -1.24. The van der Waals surface area contributed by atoms with Crippen molar-refractivity contribution in [3.8, 4) is 0 Å². The van der Waals surface area contributed by atoms with Gasteiger partial charge in [-0.1, -0.05) is 0 Å². The van der Waals surface area contributed by atoms with Gasteiger partial charge in [0.05, 0.1) is 0 Å². The van der Waals surface area contributed by atoms with E-state index in [0.717, 1.165) is 6.08 Å². The maximum atomic E-state index is 12.3. The third-order valence-electron chi connectivity index (χ3n) is 0.929. The fraction of sp³-hybridized carbons (Fsp3) is 0.143. The van der Waals surface area contributed by atoms with E-state index in [1.54, 1.807) is 0 Å². The van der Waals surface area contributed by atoms with Crippen LogP contribution in [0.3, 0.4) is 0 Å². The van der Waals surface area contributed by atoms with Crippen molar-refractivity contribution < 1.29 is 33.6 Å². The average Bonchev–Trinajstić information content (AvgIpc) is 1.87. The molecule has 0 unspecified atom stereocenters. The van der Waals surface area contributed by atoms with E-state index in [-0.39, 0.29) is 15.3 Å². The van der Waals surface area contributed by atoms with Crippen molar-refractivity contribution in [3.05, 3.63) is 23.8 Å². The number of hydrogen-bond donors (Lipinski definition) is 1. The first-order chi connectivity index (χ1) is 4.95. The molecule has 0 spiro atoms. The first-order valence-electron chi connectivity index (χ1n) is 2.69. The van der Waals surface area contributed by atoms with Gasteiger partial charge in [0.25, 0.3) is 0 Å². The van der Waals surface area contributed by atoms with E-state index < -0.39 is 5.97 Å². The predicted molar refractivity (Wildman–Crippen MR) is 35.3 cm³/mol. The summed E-state index contributed by atoms with van der Waals surface area (Å²) >= 11 is 0.659. The van der Waals surface area contributed by atoms with E-state index in [4.69, 9.17) is 11.7 Å². The van der Waals surface area contributed by atoms with Crippen molar-refractivity contribution in [1.29, 1.82) is 0 Å². The SMILES string of the molecule is [CH-]=C(/C=C(/C)[C](F)=[W])C(=O)O. The molecule has 0 fully saturated rings. The zero-order chi connectivity index (χ0) is 9.02. The molecule has 0 amide bonds. The van der Waals surface area contributed by atoms with Gasteiger partial charge in [0.2, 0.25) is 0 Å². The molecule has 0 rings (SSSR count). The number of carbonyl (C=O) groups is 1. The average molecular weight is 325 g/mol. The van der Waals surface area contributed by atoms with Gasteiger partial charge in [-0.3, -0.25) is 0 Å². The van der Waals surface area contributed by atoms with Gasteiger partial charge in [0.15, 0.2) is 0 Å². The van der Waals surface area contributed by atoms with E-state index >= 15 is 0 Å². The van der Waals surface area contributed by atoms with Crippen molar-refractivity contribution in [1.82, 2.24) is 0 Å². The molecular formula is C7H6FO2W-. The van der Waals surface area contributed by atoms with Gasteiger partial charge in [-0.15, -0.1) is 0 Å². The number of hydrogen-bond acceptors (Lipinski definition) is 1. The summed E-state index contributed by atoms with van der Waals surface area (Å²) in [5.41, 5.74) is -0.0844. The van der Waals surface area contributed by atoms with Crippen LogP contribution in [0.25, 0.3) is 0 Å². The van der Waals surface area contributed by atoms with Gasteiger partial charge in [0.1, 0.15) is 0 Å². The molecule has 2 nitrogen and oxygen atoms in total. The van der Waals surface area contributed by atoms with E-state index in [1.807, 2.05) is 0 Å². The molecule has 0 aromatic heterocycles. The Bertz CT molecular complexity index is 243. The standard InChI is InChI=1S/C7H6FO2.W/c1-5(4-8)3-6(2)7(9)10;/h2-3H,1H3,(H,9,10);/q-1;/b5-3-;. The molecule has 0 aromatic carbocycles. The minimum absolute atomic E-state index is 0.264. The van der Waals surface area contributed by atoms with Crippen molar-refractivity contribution in [3.63, 3.8) is 0 Å². The van der Waals surface area contributed by atoms with Gasteiger partial charge >= 0.3 is 74.5 Å². The number of halogens is 1. The van der Waals surface area contributed by atoms with Crippen LogP contribution in [0.15, 0.2) is 17.2 Å². The molecule has 0 radical (unpaired) electrons. The molecule has 0 saturated heterocycles. The van der Waals surface area contributed by atoms with Crippen molar-refractivity contribution in [2.75, 3.05) is 0 Å². The third kappa shape index (κ3) is 3.99. The second-order valence-corrected chi connectivity index (χ2v) is 3.15. The molecule has 60 valence electrons. The van der Waals surface area contributed by atoms with E-state index in [0.29, 0.717) is 19.4 Å². The molecular weight excluding hydrogens is 319 g/mol. The fourth-order valence-corrected chi connectivity index (χ4v) is 0.563. The molecule has 0 heterocycles. The molecule has 0 saturated carbocycles. The second kappa shape index (κ2) is 4.34. The Morgan fingerprint density at radius 1 is 1.73 bits per heavy atom. The Balaban J connectivity index is 4.44. The van der Waals surface area contributed by atoms with E-state index in [2.05, 4.69) is 0 Å². The zero-order valence-electron chi connectivity index (χ0n) is 5.80. The Kier molecular flexibility index (Phi) is 4.12. The summed E-state index contributed by atoms with van der Waals surface area (Å²) in [7, 11) is 0. The maximum absolute atomic E-state index is 12.3. The second-order valence-electron chi connectivity index (χ2n) is 1.86. The Labute approximate surface area is 74.8 Å². The quantitative estimate of drug-likeness (QED) is 0.478. The summed E-state index contributed by atoms with van der Waals surface area (Å²) in [6.07, 6.45) is 1.10. The first kappa shape index (κ1) is 10.4. The third-order valence-corrected chi connectivity index (χ3v) is 2.09. The molecule has 0 bridgehead atoms. The Morgan fingerprint density at radius 3 is 2.45 bits per heavy atom. The normalized spacial score (nSPS) is 10.9. The molecule has 4 heteroatoms.